The third-order valence-electron chi connectivity index (χ3n) is 6.22. The van der Waals surface area contributed by atoms with E-state index < -0.39 is 40.2 Å². The number of rotatable bonds is 11. The van der Waals surface area contributed by atoms with Gasteiger partial charge in [0.25, 0.3) is 10.0 Å². The Morgan fingerprint density at radius 1 is 0.974 bits per heavy atom. The van der Waals surface area contributed by atoms with Gasteiger partial charge in [-0.25, -0.2) is 12.8 Å². The molecule has 7 nitrogen and oxygen atoms in total. The van der Waals surface area contributed by atoms with E-state index in [1.54, 1.807) is 25.1 Å². The minimum atomic E-state index is -4.26. The molecular formula is C28H30Cl2FN3O4S. The highest BCUT2D eigenvalue weighted by Crippen LogP contribution is 2.33. The maximum absolute atomic E-state index is 13.9. The molecule has 0 aliphatic carbocycles. The minimum Gasteiger partial charge on any atom is -0.352 e. The molecule has 0 bridgehead atoms. The summed E-state index contributed by atoms with van der Waals surface area (Å²) in [6.07, 6.45) is 0.683. The molecule has 2 amide bonds. The van der Waals surface area contributed by atoms with Gasteiger partial charge in [0.1, 0.15) is 18.4 Å². The van der Waals surface area contributed by atoms with Gasteiger partial charge in [-0.15, -0.1) is 0 Å². The Balaban J connectivity index is 2.04. The lowest BCUT2D eigenvalue weighted by molar-refractivity contribution is -0.139. The average Bonchev–Trinajstić information content (AvgIpc) is 2.91. The predicted octanol–water partition coefficient (Wildman–Crippen LogP) is 5.66. The summed E-state index contributed by atoms with van der Waals surface area (Å²) in [6, 6.07) is 16.3. The number of hydrogen-bond acceptors (Lipinski definition) is 4. The van der Waals surface area contributed by atoms with Gasteiger partial charge in [0, 0.05) is 17.6 Å². The number of anilines is 1. The molecule has 2 unspecified atom stereocenters. The highest BCUT2D eigenvalue weighted by atomic mass is 35.5. The van der Waals surface area contributed by atoms with Crippen LogP contribution in [0.5, 0.6) is 0 Å². The van der Waals surface area contributed by atoms with Crippen molar-refractivity contribution >= 4 is 50.7 Å². The van der Waals surface area contributed by atoms with E-state index in [0.717, 1.165) is 4.31 Å². The lowest BCUT2D eigenvalue weighted by atomic mass is 10.1. The zero-order valence-electron chi connectivity index (χ0n) is 21.8. The summed E-state index contributed by atoms with van der Waals surface area (Å²) >= 11 is 12.4. The quantitative estimate of drug-likeness (QED) is 0.311. The summed E-state index contributed by atoms with van der Waals surface area (Å²) in [7, 11) is -4.26. The Bertz CT molecular complexity index is 1410. The van der Waals surface area contributed by atoms with Crippen molar-refractivity contribution in [3.8, 4) is 0 Å². The van der Waals surface area contributed by atoms with Gasteiger partial charge in [0.2, 0.25) is 11.8 Å². The van der Waals surface area contributed by atoms with Crippen LogP contribution in [0, 0.1) is 5.82 Å². The van der Waals surface area contributed by atoms with E-state index in [4.69, 9.17) is 23.2 Å². The van der Waals surface area contributed by atoms with Gasteiger partial charge < -0.3 is 10.2 Å². The number of nitrogens with zero attached hydrogens (tertiary/aromatic N) is 2. The van der Waals surface area contributed by atoms with Crippen LogP contribution in [0.15, 0.2) is 77.7 Å². The normalized spacial score (nSPS) is 12.9. The molecule has 3 aromatic carbocycles. The molecule has 39 heavy (non-hydrogen) atoms. The summed E-state index contributed by atoms with van der Waals surface area (Å²) in [5, 5.41) is 3.18. The van der Waals surface area contributed by atoms with E-state index >= 15 is 0 Å². The Labute approximate surface area is 238 Å². The number of amides is 2. The smallest absolute Gasteiger partial charge is 0.264 e. The summed E-state index contributed by atoms with van der Waals surface area (Å²) in [5.74, 6) is -1.50. The van der Waals surface area contributed by atoms with Crippen molar-refractivity contribution < 1.29 is 22.4 Å². The molecule has 0 fully saturated rings. The molecule has 1 N–H and O–H groups in total. The van der Waals surface area contributed by atoms with Gasteiger partial charge in [-0.1, -0.05) is 60.5 Å². The van der Waals surface area contributed by atoms with Gasteiger partial charge in [0.15, 0.2) is 0 Å². The van der Waals surface area contributed by atoms with Crippen molar-refractivity contribution in [2.45, 2.75) is 50.7 Å². The second-order valence-electron chi connectivity index (χ2n) is 9.06. The van der Waals surface area contributed by atoms with Crippen LogP contribution in [-0.2, 0) is 26.2 Å². The van der Waals surface area contributed by atoms with Crippen LogP contribution in [-0.4, -0.2) is 43.8 Å². The third kappa shape index (κ3) is 7.71. The zero-order chi connectivity index (χ0) is 28.7. The van der Waals surface area contributed by atoms with Crippen molar-refractivity contribution in [3.63, 3.8) is 0 Å². The molecular weight excluding hydrogens is 564 g/mol. The molecule has 11 heteroatoms. The van der Waals surface area contributed by atoms with Gasteiger partial charge in [0.05, 0.1) is 15.6 Å². The number of nitrogens with one attached hydrogen (secondary N) is 1. The number of sulfonamides is 1. The molecule has 3 rings (SSSR count). The number of halogens is 3. The minimum absolute atomic E-state index is 0.0300. The molecule has 0 saturated carbocycles. The number of hydrogen-bond donors (Lipinski definition) is 1. The summed E-state index contributed by atoms with van der Waals surface area (Å²) < 4.78 is 41.9. The van der Waals surface area contributed by atoms with E-state index in [2.05, 4.69) is 5.32 Å². The largest absolute Gasteiger partial charge is 0.352 e. The molecule has 0 saturated heterocycles. The van der Waals surface area contributed by atoms with Gasteiger partial charge >= 0.3 is 0 Å². The van der Waals surface area contributed by atoms with Gasteiger partial charge in [-0.2, -0.15) is 0 Å². The number of benzene rings is 3. The Morgan fingerprint density at radius 2 is 1.62 bits per heavy atom. The van der Waals surface area contributed by atoms with Crippen molar-refractivity contribution in [3.05, 3.63) is 94.2 Å². The first-order chi connectivity index (χ1) is 18.4. The first kappa shape index (κ1) is 30.4. The van der Waals surface area contributed by atoms with Gasteiger partial charge in [-0.3, -0.25) is 13.9 Å². The summed E-state index contributed by atoms with van der Waals surface area (Å²) in [4.78, 5) is 28.1. The number of carbonyl (C=O) groups is 2. The molecule has 0 spiro atoms. The molecule has 3 aromatic rings. The molecule has 0 radical (unpaired) electrons. The second-order valence-corrected chi connectivity index (χ2v) is 11.8. The lowest BCUT2D eigenvalue weighted by Crippen LogP contribution is -2.52. The predicted molar refractivity (Wildman–Crippen MR) is 152 cm³/mol. The average molecular weight is 595 g/mol. The number of carbonyl (C=O) groups excluding carboxylic acids is 2. The SMILES string of the molecule is CCC(C)NC(=O)C(C)N(Cc1ccc(F)cc1)C(=O)CN(c1ccc(Cl)cc1Cl)S(=O)(=O)c1ccccc1. The van der Waals surface area contributed by atoms with Crippen LogP contribution in [0.2, 0.25) is 10.0 Å². The fraction of sp³-hybridized carbons (Fsp3) is 0.286. The van der Waals surface area contributed by atoms with Crippen LogP contribution >= 0.6 is 23.2 Å². The van der Waals surface area contributed by atoms with E-state index in [1.165, 1.54) is 59.5 Å². The molecule has 0 aromatic heterocycles. The molecule has 0 heterocycles. The van der Waals surface area contributed by atoms with Crippen LogP contribution in [0.1, 0.15) is 32.8 Å². The Hall–Kier alpha value is -3.14. The van der Waals surface area contributed by atoms with Crippen molar-refractivity contribution in [2.75, 3.05) is 10.8 Å². The zero-order valence-corrected chi connectivity index (χ0v) is 24.1. The van der Waals surface area contributed by atoms with Crippen molar-refractivity contribution in [2.24, 2.45) is 0 Å². The fourth-order valence-electron chi connectivity index (χ4n) is 3.75. The standard InChI is InChI=1S/C28H30Cl2FN3O4S/c1-4-19(2)32-28(36)20(3)33(17-21-10-13-23(31)14-11-21)27(35)18-34(26-15-12-22(29)16-25(26)30)39(37,38)24-8-6-5-7-9-24/h5-16,19-20H,4,17-18H2,1-3H3,(H,32,36). The van der Waals surface area contributed by atoms with E-state index in [9.17, 15) is 22.4 Å². The Kier molecular flexibility index (Phi) is 10.4. The third-order valence-corrected chi connectivity index (χ3v) is 8.53. The highest BCUT2D eigenvalue weighted by Gasteiger charge is 2.33. The van der Waals surface area contributed by atoms with E-state index in [0.29, 0.717) is 17.0 Å². The van der Waals surface area contributed by atoms with Crippen LogP contribution in [0.25, 0.3) is 0 Å². The van der Waals surface area contributed by atoms with Crippen molar-refractivity contribution in [1.29, 1.82) is 0 Å². The van der Waals surface area contributed by atoms with Crippen molar-refractivity contribution in [1.82, 2.24) is 10.2 Å². The molecule has 0 aliphatic rings. The first-order valence-corrected chi connectivity index (χ1v) is 14.5. The second kappa shape index (κ2) is 13.3. The van der Waals surface area contributed by atoms with Crippen LogP contribution < -0.4 is 9.62 Å². The molecule has 0 aliphatic heterocycles. The molecule has 208 valence electrons. The van der Waals surface area contributed by atoms with Crippen LogP contribution in [0.3, 0.4) is 0 Å². The fourth-order valence-corrected chi connectivity index (χ4v) is 5.77. The maximum atomic E-state index is 13.9. The summed E-state index contributed by atoms with van der Waals surface area (Å²) in [6.45, 7) is 4.61. The van der Waals surface area contributed by atoms with Gasteiger partial charge in [-0.05, 0) is 68.3 Å². The lowest BCUT2D eigenvalue weighted by Gasteiger charge is -2.32. The highest BCUT2D eigenvalue weighted by molar-refractivity contribution is 7.92. The summed E-state index contributed by atoms with van der Waals surface area (Å²) in [5.41, 5.74) is 0.617. The maximum Gasteiger partial charge on any atom is 0.264 e. The Morgan fingerprint density at radius 3 is 2.21 bits per heavy atom. The van der Waals surface area contributed by atoms with Crippen LogP contribution in [0.4, 0.5) is 10.1 Å². The van der Waals surface area contributed by atoms with E-state index in [1.807, 2.05) is 13.8 Å². The monoisotopic (exact) mass is 593 g/mol. The molecule has 2 atom stereocenters. The topological polar surface area (TPSA) is 86.8 Å². The van der Waals surface area contributed by atoms with E-state index in [-0.39, 0.29) is 28.2 Å². The first-order valence-electron chi connectivity index (χ1n) is 12.3.